The molecule has 0 aromatic heterocycles. The van der Waals surface area contributed by atoms with Gasteiger partial charge in [-0.1, -0.05) is 45.8 Å². The molecular formula is C23H19BrN4O4. The molecule has 3 aromatic rings. The van der Waals surface area contributed by atoms with Crippen molar-refractivity contribution in [3.05, 3.63) is 87.9 Å². The highest BCUT2D eigenvalue weighted by atomic mass is 79.9. The maximum Gasteiger partial charge on any atom is 0.329 e. The molecule has 0 aliphatic rings. The van der Waals surface area contributed by atoms with Crippen molar-refractivity contribution < 1.29 is 19.5 Å². The summed E-state index contributed by atoms with van der Waals surface area (Å²) >= 11 is 3.26. The second kappa shape index (κ2) is 10.4. The smallest absolute Gasteiger partial charge is 0.329 e. The van der Waals surface area contributed by atoms with Crippen LogP contribution >= 0.6 is 15.9 Å². The number of phenols is 1. The molecule has 0 aliphatic carbocycles. The molecule has 0 radical (unpaired) electrons. The number of benzene rings is 3. The van der Waals surface area contributed by atoms with Crippen molar-refractivity contribution >= 4 is 51.2 Å². The molecule has 3 aromatic carbocycles. The molecule has 8 nitrogen and oxygen atoms in total. The van der Waals surface area contributed by atoms with Gasteiger partial charge in [-0.3, -0.25) is 14.4 Å². The Morgan fingerprint density at radius 2 is 1.66 bits per heavy atom. The molecule has 0 unspecified atom stereocenters. The molecule has 0 atom stereocenters. The number of aromatic hydroxyl groups is 1. The highest BCUT2D eigenvalue weighted by Crippen LogP contribution is 2.20. The third-order valence-corrected chi connectivity index (χ3v) is 4.79. The van der Waals surface area contributed by atoms with Crippen molar-refractivity contribution in [1.29, 1.82) is 0 Å². The summed E-state index contributed by atoms with van der Waals surface area (Å²) in [6.07, 6.45) is 1.20. The number of hydrogen-bond acceptors (Lipinski definition) is 5. The minimum atomic E-state index is -1.04. The number of rotatable bonds is 5. The molecule has 0 spiro atoms. The summed E-state index contributed by atoms with van der Waals surface area (Å²) in [6, 6.07) is 18.3. The Kier molecular flexibility index (Phi) is 7.35. The predicted molar refractivity (Wildman–Crippen MR) is 126 cm³/mol. The maximum atomic E-state index is 12.6. The monoisotopic (exact) mass is 494 g/mol. The van der Waals surface area contributed by atoms with Gasteiger partial charge in [-0.15, -0.1) is 0 Å². The van der Waals surface area contributed by atoms with E-state index in [9.17, 15) is 19.5 Å². The van der Waals surface area contributed by atoms with Crippen LogP contribution in [0.4, 0.5) is 11.4 Å². The topological polar surface area (TPSA) is 120 Å². The van der Waals surface area contributed by atoms with Crippen molar-refractivity contribution in [3.63, 3.8) is 0 Å². The number of carbonyl (C=O) groups is 3. The number of anilines is 2. The van der Waals surface area contributed by atoms with Gasteiger partial charge in [-0.25, -0.2) is 5.43 Å². The summed E-state index contributed by atoms with van der Waals surface area (Å²) in [6.45, 7) is 1.94. The Morgan fingerprint density at radius 3 is 2.41 bits per heavy atom. The first-order valence-corrected chi connectivity index (χ1v) is 10.2. The minimum absolute atomic E-state index is 0.0378. The summed E-state index contributed by atoms with van der Waals surface area (Å²) in [5, 5.41) is 18.6. The summed E-state index contributed by atoms with van der Waals surface area (Å²) in [4.78, 5) is 37.0. The van der Waals surface area contributed by atoms with Crippen molar-refractivity contribution in [1.82, 2.24) is 5.43 Å². The lowest BCUT2D eigenvalue weighted by Crippen LogP contribution is -2.33. The van der Waals surface area contributed by atoms with E-state index < -0.39 is 17.7 Å². The van der Waals surface area contributed by atoms with Crippen LogP contribution in [0.15, 0.2) is 76.3 Å². The largest absolute Gasteiger partial charge is 0.507 e. The van der Waals surface area contributed by atoms with Gasteiger partial charge in [0.2, 0.25) is 0 Å². The highest BCUT2D eigenvalue weighted by molar-refractivity contribution is 9.10. The van der Waals surface area contributed by atoms with Gasteiger partial charge < -0.3 is 15.7 Å². The zero-order chi connectivity index (χ0) is 23.1. The fourth-order valence-corrected chi connectivity index (χ4v) is 3.02. The first kappa shape index (κ1) is 22.7. The maximum absolute atomic E-state index is 12.6. The molecule has 0 aliphatic heterocycles. The van der Waals surface area contributed by atoms with Crippen LogP contribution in [0.3, 0.4) is 0 Å². The van der Waals surface area contributed by atoms with Crippen molar-refractivity contribution in [2.75, 3.05) is 10.6 Å². The molecule has 0 saturated heterocycles. The quantitative estimate of drug-likeness (QED) is 0.245. The van der Waals surface area contributed by atoms with Crippen LogP contribution in [0, 0.1) is 6.92 Å². The predicted octanol–water partition coefficient (Wildman–Crippen LogP) is 3.80. The van der Waals surface area contributed by atoms with Gasteiger partial charge in [0, 0.05) is 15.7 Å². The van der Waals surface area contributed by atoms with Crippen molar-refractivity contribution in [2.45, 2.75) is 6.92 Å². The van der Waals surface area contributed by atoms with Crippen LogP contribution < -0.4 is 16.1 Å². The Hall–Kier alpha value is -3.98. The SMILES string of the molecule is Cc1ccc(NC(=O)c2ccccc2NC(=O)C(=O)NN=Cc2cc(Br)ccc2O)cc1. The zero-order valence-electron chi connectivity index (χ0n) is 16.9. The van der Waals surface area contributed by atoms with E-state index in [2.05, 4.69) is 37.1 Å². The molecular weight excluding hydrogens is 476 g/mol. The summed E-state index contributed by atoms with van der Waals surface area (Å²) < 4.78 is 0.710. The molecule has 32 heavy (non-hydrogen) atoms. The molecule has 3 rings (SSSR count). The van der Waals surface area contributed by atoms with E-state index in [1.807, 2.05) is 19.1 Å². The molecule has 0 fully saturated rings. The lowest BCUT2D eigenvalue weighted by atomic mass is 10.1. The zero-order valence-corrected chi connectivity index (χ0v) is 18.5. The Labute approximate surface area is 192 Å². The van der Waals surface area contributed by atoms with Crippen LogP contribution in [-0.2, 0) is 9.59 Å². The average molecular weight is 495 g/mol. The van der Waals surface area contributed by atoms with Crippen molar-refractivity contribution in [3.8, 4) is 5.75 Å². The Bertz CT molecular complexity index is 1190. The van der Waals surface area contributed by atoms with Crippen LogP contribution in [0.5, 0.6) is 5.75 Å². The van der Waals surface area contributed by atoms with Gasteiger partial charge >= 0.3 is 11.8 Å². The number of para-hydroxylation sites is 1. The molecule has 162 valence electrons. The second-order valence-electron chi connectivity index (χ2n) is 6.72. The van der Waals surface area contributed by atoms with E-state index in [1.165, 1.54) is 24.4 Å². The number of hydrogen-bond donors (Lipinski definition) is 4. The van der Waals surface area contributed by atoms with Crippen LogP contribution in [-0.4, -0.2) is 29.0 Å². The van der Waals surface area contributed by atoms with Gasteiger partial charge in [-0.05, 0) is 49.4 Å². The molecule has 4 N–H and O–H groups in total. The van der Waals surface area contributed by atoms with E-state index in [4.69, 9.17) is 0 Å². The number of phenolic OH excluding ortho intramolecular Hbond substituents is 1. The lowest BCUT2D eigenvalue weighted by Gasteiger charge is -2.11. The Balaban J connectivity index is 1.65. The second-order valence-corrected chi connectivity index (χ2v) is 7.64. The lowest BCUT2D eigenvalue weighted by molar-refractivity contribution is -0.136. The molecule has 3 amide bonds. The number of amides is 3. The average Bonchev–Trinajstić information content (AvgIpc) is 2.78. The molecule has 0 heterocycles. The van der Waals surface area contributed by atoms with E-state index >= 15 is 0 Å². The van der Waals surface area contributed by atoms with Gasteiger partial charge in [0.1, 0.15) is 5.75 Å². The van der Waals surface area contributed by atoms with Gasteiger partial charge in [0.15, 0.2) is 0 Å². The number of aryl methyl sites for hydroxylation is 1. The van der Waals surface area contributed by atoms with Gasteiger partial charge in [0.25, 0.3) is 5.91 Å². The third-order valence-electron chi connectivity index (χ3n) is 4.29. The number of nitrogens with zero attached hydrogens (tertiary/aromatic N) is 1. The summed E-state index contributed by atoms with van der Waals surface area (Å²) in [5.74, 6) is -2.52. The van der Waals surface area contributed by atoms with E-state index in [1.54, 1.807) is 36.4 Å². The van der Waals surface area contributed by atoms with Crippen LogP contribution in [0.25, 0.3) is 0 Å². The highest BCUT2D eigenvalue weighted by Gasteiger charge is 2.17. The first-order chi connectivity index (χ1) is 15.3. The molecule has 9 heteroatoms. The van der Waals surface area contributed by atoms with Crippen molar-refractivity contribution in [2.24, 2.45) is 5.10 Å². The van der Waals surface area contributed by atoms with Crippen LogP contribution in [0.2, 0.25) is 0 Å². The number of hydrazone groups is 1. The minimum Gasteiger partial charge on any atom is -0.507 e. The van der Waals surface area contributed by atoms with E-state index in [0.717, 1.165) is 5.56 Å². The fourth-order valence-electron chi connectivity index (χ4n) is 2.64. The number of nitrogens with one attached hydrogen (secondary N) is 3. The van der Waals surface area contributed by atoms with Crippen LogP contribution in [0.1, 0.15) is 21.5 Å². The summed E-state index contributed by atoms with van der Waals surface area (Å²) in [5.41, 5.74) is 4.45. The van der Waals surface area contributed by atoms with Gasteiger partial charge in [-0.2, -0.15) is 5.10 Å². The number of halogens is 1. The molecule has 0 saturated carbocycles. The van der Waals surface area contributed by atoms with E-state index in [-0.39, 0.29) is 17.0 Å². The van der Waals surface area contributed by atoms with Gasteiger partial charge in [0.05, 0.1) is 17.5 Å². The summed E-state index contributed by atoms with van der Waals surface area (Å²) in [7, 11) is 0. The number of carbonyl (C=O) groups excluding carboxylic acids is 3. The first-order valence-electron chi connectivity index (χ1n) is 9.43. The van der Waals surface area contributed by atoms with E-state index in [0.29, 0.717) is 15.7 Å². The third kappa shape index (κ3) is 6.02. The fraction of sp³-hybridized carbons (Fsp3) is 0.0435. The standard InChI is InChI=1S/C23H19BrN4O4/c1-14-6-9-17(10-7-14)26-21(30)18-4-2-3-5-19(18)27-22(31)23(32)28-25-13-15-12-16(24)8-11-20(15)29/h2-13,29H,1H3,(H,26,30)(H,27,31)(H,28,32). The Morgan fingerprint density at radius 1 is 0.938 bits per heavy atom. The molecule has 0 bridgehead atoms. The normalized spacial score (nSPS) is 10.6.